The Bertz CT molecular complexity index is 1240. The van der Waals surface area contributed by atoms with Crippen LogP contribution in [0.4, 0.5) is 31.3 Å². The molecule has 0 radical (unpaired) electrons. The molecule has 0 spiro atoms. The van der Waals surface area contributed by atoms with E-state index in [0.29, 0.717) is 0 Å². The lowest BCUT2D eigenvalue weighted by Crippen LogP contribution is -2.14. The number of thiophene rings is 1. The normalized spacial score (nSPS) is 11.2. The van der Waals surface area contributed by atoms with E-state index in [1.165, 1.54) is 47.7 Å². The SMILES string of the molecule is Cc1cc(C(=O)c2ccccc2C(F)(F)F)c(N)s1.N#CCC(=O)c1ccccc1C(F)(F)F. The molecule has 0 saturated carbocycles. The van der Waals surface area contributed by atoms with Crippen LogP contribution < -0.4 is 5.73 Å². The number of nitrogens with zero attached hydrogens (tertiary/aromatic N) is 1. The van der Waals surface area contributed by atoms with E-state index in [2.05, 4.69) is 0 Å². The van der Waals surface area contributed by atoms with Crippen molar-refractivity contribution in [3.63, 3.8) is 0 Å². The summed E-state index contributed by atoms with van der Waals surface area (Å²) >= 11 is 1.18. The van der Waals surface area contributed by atoms with Crippen LogP contribution in [-0.4, -0.2) is 11.6 Å². The summed E-state index contributed by atoms with van der Waals surface area (Å²) < 4.78 is 75.8. The van der Waals surface area contributed by atoms with Gasteiger partial charge < -0.3 is 5.73 Å². The number of anilines is 1. The van der Waals surface area contributed by atoms with Crippen LogP contribution in [0.15, 0.2) is 54.6 Å². The van der Waals surface area contributed by atoms with Crippen molar-refractivity contribution >= 4 is 27.9 Å². The molecule has 0 atom stereocenters. The predicted octanol–water partition coefficient (Wildman–Crippen LogP) is 6.69. The fourth-order valence-corrected chi connectivity index (χ4v) is 3.71. The first-order chi connectivity index (χ1) is 15.8. The third-order valence-electron chi connectivity index (χ3n) is 4.38. The van der Waals surface area contributed by atoms with E-state index < -0.39 is 47.0 Å². The monoisotopic (exact) mass is 498 g/mol. The summed E-state index contributed by atoms with van der Waals surface area (Å²) in [6.07, 6.45) is -9.68. The molecule has 1 aromatic heterocycles. The Labute approximate surface area is 194 Å². The highest BCUT2D eigenvalue weighted by Gasteiger charge is 2.36. The number of nitriles is 1. The summed E-state index contributed by atoms with van der Waals surface area (Å²) in [7, 11) is 0. The Hall–Kier alpha value is -3.65. The van der Waals surface area contributed by atoms with Gasteiger partial charge in [-0.1, -0.05) is 36.4 Å². The quantitative estimate of drug-likeness (QED) is 0.321. The summed E-state index contributed by atoms with van der Waals surface area (Å²) in [5.74, 6) is -1.51. The number of hydrogen-bond acceptors (Lipinski definition) is 5. The zero-order chi connectivity index (χ0) is 25.7. The van der Waals surface area contributed by atoms with Gasteiger partial charge in [-0.2, -0.15) is 31.6 Å². The predicted molar refractivity (Wildman–Crippen MR) is 114 cm³/mol. The van der Waals surface area contributed by atoms with Crippen molar-refractivity contribution in [3.05, 3.63) is 87.3 Å². The average molecular weight is 498 g/mol. The number of alkyl halides is 6. The first-order valence-corrected chi connectivity index (χ1v) is 10.2. The third-order valence-corrected chi connectivity index (χ3v) is 5.26. The molecule has 0 unspecified atom stereocenters. The van der Waals surface area contributed by atoms with Crippen molar-refractivity contribution in [2.75, 3.05) is 5.73 Å². The van der Waals surface area contributed by atoms with Crippen molar-refractivity contribution in [1.29, 1.82) is 5.26 Å². The van der Waals surface area contributed by atoms with E-state index in [4.69, 9.17) is 11.0 Å². The van der Waals surface area contributed by atoms with Crippen LogP contribution in [0.25, 0.3) is 0 Å². The fourth-order valence-electron chi connectivity index (χ4n) is 2.92. The zero-order valence-electron chi connectivity index (χ0n) is 17.4. The molecule has 3 aromatic rings. The number of carbonyl (C=O) groups excluding carboxylic acids is 2. The van der Waals surface area contributed by atoms with Crippen LogP contribution in [0.3, 0.4) is 0 Å². The van der Waals surface area contributed by atoms with E-state index in [9.17, 15) is 35.9 Å². The maximum Gasteiger partial charge on any atom is 0.417 e. The van der Waals surface area contributed by atoms with Gasteiger partial charge in [-0.05, 0) is 25.1 Å². The second kappa shape index (κ2) is 10.5. The number of nitrogen functional groups attached to an aromatic ring is 1. The van der Waals surface area contributed by atoms with E-state index in [-0.39, 0.29) is 16.1 Å². The molecule has 4 nitrogen and oxygen atoms in total. The van der Waals surface area contributed by atoms with Crippen molar-refractivity contribution in [1.82, 2.24) is 0 Å². The number of halogens is 6. The molecule has 178 valence electrons. The maximum absolute atomic E-state index is 12.8. The summed E-state index contributed by atoms with van der Waals surface area (Å²) in [5.41, 5.74) is 3.02. The van der Waals surface area contributed by atoms with Crippen molar-refractivity contribution in [3.8, 4) is 6.07 Å². The minimum atomic E-state index is -4.57. The molecule has 11 heteroatoms. The number of hydrogen-bond donors (Lipinski definition) is 1. The maximum atomic E-state index is 12.8. The van der Waals surface area contributed by atoms with E-state index in [0.717, 1.165) is 29.1 Å². The third kappa shape index (κ3) is 6.45. The lowest BCUT2D eigenvalue weighted by atomic mass is 9.99. The largest absolute Gasteiger partial charge is 0.417 e. The van der Waals surface area contributed by atoms with Crippen LogP contribution in [-0.2, 0) is 12.4 Å². The van der Waals surface area contributed by atoms with Gasteiger partial charge in [-0.25, -0.2) is 0 Å². The van der Waals surface area contributed by atoms with Crippen LogP contribution >= 0.6 is 11.3 Å². The van der Waals surface area contributed by atoms with E-state index in [1.807, 2.05) is 0 Å². The molecule has 0 fully saturated rings. The van der Waals surface area contributed by atoms with Gasteiger partial charge in [-0.3, -0.25) is 9.59 Å². The highest BCUT2D eigenvalue weighted by molar-refractivity contribution is 7.16. The van der Waals surface area contributed by atoms with Crippen molar-refractivity contribution in [2.45, 2.75) is 25.7 Å². The Morgan fingerprint density at radius 3 is 1.79 bits per heavy atom. The molecule has 0 aliphatic carbocycles. The van der Waals surface area contributed by atoms with Gasteiger partial charge in [0.05, 0.1) is 34.2 Å². The number of ketones is 2. The zero-order valence-corrected chi connectivity index (χ0v) is 18.2. The second-order valence-corrected chi connectivity index (χ2v) is 8.10. The molecule has 0 amide bonds. The minimum Gasteiger partial charge on any atom is -0.390 e. The average Bonchev–Trinajstić information content (AvgIpc) is 3.10. The standard InChI is InChI=1S/C13H10F3NOS.C10H6F3NO/c1-7-6-9(12(17)19-7)11(18)8-4-2-3-5-10(8)13(14,15)16;11-10(12,13)8-4-2-1-3-7(8)9(15)5-6-14/h2-6H,17H2,1H3;1-4H,5H2. The van der Waals surface area contributed by atoms with Crippen LogP contribution in [0.1, 0.15) is 48.7 Å². The second-order valence-electron chi connectivity index (χ2n) is 6.81. The summed E-state index contributed by atoms with van der Waals surface area (Å²) in [6.45, 7) is 1.74. The Balaban J connectivity index is 0.000000248. The molecule has 0 bridgehead atoms. The summed E-state index contributed by atoms with van der Waals surface area (Å²) in [6, 6.07) is 12.2. The number of aryl methyl sites for hydroxylation is 1. The molecule has 1 heterocycles. The number of nitrogens with two attached hydrogens (primary N) is 1. The molecule has 0 saturated heterocycles. The molecule has 0 aliphatic heterocycles. The lowest BCUT2D eigenvalue weighted by Gasteiger charge is -2.11. The molecular formula is C23H16F6N2O2S. The number of Topliss-reactive ketones (excluding diaryl/α,β-unsaturated/α-hetero) is 1. The molecule has 34 heavy (non-hydrogen) atoms. The molecule has 3 rings (SSSR count). The van der Waals surface area contributed by atoms with Crippen LogP contribution in [0, 0.1) is 18.3 Å². The lowest BCUT2D eigenvalue weighted by molar-refractivity contribution is -0.138. The fraction of sp³-hybridized carbons (Fsp3) is 0.174. The Morgan fingerprint density at radius 1 is 0.882 bits per heavy atom. The molecule has 2 N–H and O–H groups in total. The van der Waals surface area contributed by atoms with E-state index >= 15 is 0 Å². The van der Waals surface area contributed by atoms with Gasteiger partial charge in [0, 0.05) is 16.0 Å². The van der Waals surface area contributed by atoms with E-state index in [1.54, 1.807) is 6.92 Å². The summed E-state index contributed by atoms with van der Waals surface area (Å²) in [4.78, 5) is 24.1. The Morgan fingerprint density at radius 2 is 1.35 bits per heavy atom. The van der Waals surface area contributed by atoms with Gasteiger partial charge in [-0.15, -0.1) is 11.3 Å². The van der Waals surface area contributed by atoms with Gasteiger partial charge in [0.25, 0.3) is 0 Å². The topological polar surface area (TPSA) is 83.9 Å². The van der Waals surface area contributed by atoms with Crippen molar-refractivity contribution in [2.24, 2.45) is 0 Å². The van der Waals surface area contributed by atoms with Gasteiger partial charge in [0.15, 0.2) is 11.6 Å². The van der Waals surface area contributed by atoms with Gasteiger partial charge >= 0.3 is 12.4 Å². The first-order valence-electron chi connectivity index (χ1n) is 9.40. The highest BCUT2D eigenvalue weighted by Crippen LogP contribution is 2.35. The molecule has 0 aliphatic rings. The minimum absolute atomic E-state index is 0.124. The highest BCUT2D eigenvalue weighted by atomic mass is 32.1. The van der Waals surface area contributed by atoms with Crippen molar-refractivity contribution < 1.29 is 35.9 Å². The van der Waals surface area contributed by atoms with Crippen LogP contribution in [0.5, 0.6) is 0 Å². The number of rotatable bonds is 4. The Kier molecular flexibility index (Phi) is 8.23. The number of carbonyl (C=O) groups is 2. The molecular weight excluding hydrogens is 482 g/mol. The summed E-state index contributed by atoms with van der Waals surface area (Å²) in [5, 5.41) is 8.48. The smallest absolute Gasteiger partial charge is 0.390 e. The van der Waals surface area contributed by atoms with Gasteiger partial charge in [0.1, 0.15) is 0 Å². The first kappa shape index (κ1) is 26.6. The van der Waals surface area contributed by atoms with Crippen LogP contribution in [0.2, 0.25) is 0 Å². The molecule has 2 aromatic carbocycles. The number of benzene rings is 2. The van der Waals surface area contributed by atoms with Gasteiger partial charge in [0.2, 0.25) is 0 Å².